The Morgan fingerprint density at radius 1 is 1.15 bits per heavy atom. The molecular weight excluding hydrogens is 566 g/mol. The van der Waals surface area contributed by atoms with Crippen molar-refractivity contribution in [3.63, 3.8) is 0 Å². The number of hydrogen-bond acceptors (Lipinski definition) is 6. The van der Waals surface area contributed by atoms with Gasteiger partial charge < -0.3 is 18.9 Å². The van der Waals surface area contributed by atoms with Gasteiger partial charge in [-0.15, -0.1) is 0 Å². The van der Waals surface area contributed by atoms with Crippen molar-refractivity contribution in [2.24, 2.45) is 0 Å². The molecule has 2 aromatic heterocycles. The zero-order valence-corrected chi connectivity index (χ0v) is 25.8. The normalized spacial score (nSPS) is 14.3. The van der Waals surface area contributed by atoms with Crippen molar-refractivity contribution in [3.05, 3.63) is 47.2 Å². The predicted molar refractivity (Wildman–Crippen MR) is 163 cm³/mol. The highest BCUT2D eigenvalue weighted by molar-refractivity contribution is 7.90. The molecule has 41 heavy (non-hydrogen) atoms. The Morgan fingerprint density at radius 2 is 1.95 bits per heavy atom. The Labute approximate surface area is 247 Å². The SMILES string of the molecule is CCCCCOc1cc(N2CCCN(Cc3ccnc4c3c(Cl)cn4CCNS(=O)(=O)C(C)C)C2=O)ccc1OC. The second-order valence-corrected chi connectivity index (χ2v) is 13.2. The monoisotopic (exact) mass is 605 g/mol. The van der Waals surface area contributed by atoms with Crippen LogP contribution in [0.15, 0.2) is 36.7 Å². The van der Waals surface area contributed by atoms with E-state index in [1.54, 1.807) is 38.3 Å². The first-order chi connectivity index (χ1) is 19.7. The molecular formula is C29H40ClN5O5S. The molecule has 1 saturated heterocycles. The van der Waals surface area contributed by atoms with Crippen LogP contribution < -0.4 is 19.1 Å². The Morgan fingerprint density at radius 3 is 2.68 bits per heavy atom. The van der Waals surface area contributed by atoms with Gasteiger partial charge >= 0.3 is 6.03 Å². The van der Waals surface area contributed by atoms with E-state index in [4.69, 9.17) is 21.1 Å². The molecule has 0 aliphatic carbocycles. The fourth-order valence-electron chi connectivity index (χ4n) is 4.86. The molecule has 1 fully saturated rings. The highest BCUT2D eigenvalue weighted by Gasteiger charge is 2.28. The Hall–Kier alpha value is -3.02. The van der Waals surface area contributed by atoms with Gasteiger partial charge in [0.25, 0.3) is 0 Å². The van der Waals surface area contributed by atoms with Gasteiger partial charge in [-0.3, -0.25) is 4.90 Å². The number of aromatic nitrogens is 2. The quantitative estimate of drug-likeness (QED) is 0.246. The summed E-state index contributed by atoms with van der Waals surface area (Å²) in [4.78, 5) is 21.8. The number of pyridine rings is 1. The van der Waals surface area contributed by atoms with Gasteiger partial charge in [0.05, 0.1) is 24.0 Å². The van der Waals surface area contributed by atoms with Crippen molar-refractivity contribution in [1.82, 2.24) is 19.2 Å². The number of methoxy groups -OCH3 is 1. The number of anilines is 1. The average Bonchev–Trinajstić information content (AvgIpc) is 3.28. The number of sulfonamides is 1. The fourth-order valence-corrected chi connectivity index (χ4v) is 5.89. The topological polar surface area (TPSA) is 106 Å². The van der Waals surface area contributed by atoms with Gasteiger partial charge in [-0.2, -0.15) is 0 Å². The van der Waals surface area contributed by atoms with Crippen molar-refractivity contribution in [3.8, 4) is 11.5 Å². The molecule has 0 radical (unpaired) electrons. The highest BCUT2D eigenvalue weighted by atomic mass is 35.5. The number of hydrogen-bond donors (Lipinski definition) is 1. The summed E-state index contributed by atoms with van der Waals surface area (Å²) in [5.41, 5.74) is 2.29. The largest absolute Gasteiger partial charge is 0.493 e. The summed E-state index contributed by atoms with van der Waals surface area (Å²) in [6, 6.07) is 7.38. The summed E-state index contributed by atoms with van der Waals surface area (Å²) in [7, 11) is -1.76. The van der Waals surface area contributed by atoms with Crippen LogP contribution in [0.3, 0.4) is 0 Å². The van der Waals surface area contributed by atoms with E-state index in [1.165, 1.54) is 0 Å². The van der Waals surface area contributed by atoms with Gasteiger partial charge in [-0.25, -0.2) is 22.9 Å². The zero-order chi connectivity index (χ0) is 29.6. The molecule has 4 rings (SSSR count). The van der Waals surface area contributed by atoms with Crippen molar-refractivity contribution in [2.75, 3.05) is 38.3 Å². The number of rotatable bonds is 14. The molecule has 0 saturated carbocycles. The van der Waals surface area contributed by atoms with Crippen LogP contribution in [0.1, 0.15) is 52.0 Å². The third-order valence-electron chi connectivity index (χ3n) is 7.21. The van der Waals surface area contributed by atoms with Crippen LogP contribution >= 0.6 is 11.6 Å². The van der Waals surface area contributed by atoms with Crippen LogP contribution in [-0.4, -0.2) is 67.5 Å². The number of nitrogens with one attached hydrogen (secondary N) is 1. The minimum absolute atomic E-state index is 0.0954. The molecule has 0 spiro atoms. The second kappa shape index (κ2) is 13.8. The summed E-state index contributed by atoms with van der Waals surface area (Å²) in [6.07, 6.45) is 7.42. The second-order valence-electron chi connectivity index (χ2n) is 10.4. The molecule has 224 valence electrons. The number of halogens is 1. The maximum absolute atomic E-state index is 13.7. The molecule has 1 aromatic carbocycles. The first kappa shape index (κ1) is 30.9. The molecule has 0 unspecified atom stereocenters. The van der Waals surface area contributed by atoms with Crippen molar-refractivity contribution >= 4 is 44.4 Å². The molecule has 0 atom stereocenters. The lowest BCUT2D eigenvalue weighted by Gasteiger charge is -2.36. The summed E-state index contributed by atoms with van der Waals surface area (Å²) in [5, 5.41) is 0.760. The first-order valence-electron chi connectivity index (χ1n) is 14.1. The van der Waals surface area contributed by atoms with Crippen LogP contribution in [0.2, 0.25) is 5.02 Å². The van der Waals surface area contributed by atoms with Crippen molar-refractivity contribution < 1.29 is 22.7 Å². The maximum Gasteiger partial charge on any atom is 0.324 e. The lowest BCUT2D eigenvalue weighted by molar-refractivity contribution is 0.192. The number of amides is 2. The average molecular weight is 606 g/mol. The van der Waals surface area contributed by atoms with Crippen LogP contribution in [0.25, 0.3) is 11.0 Å². The predicted octanol–water partition coefficient (Wildman–Crippen LogP) is 5.43. The third kappa shape index (κ3) is 7.25. The number of ether oxygens (including phenoxy) is 2. The Bertz CT molecular complexity index is 1460. The lowest BCUT2D eigenvalue weighted by Crippen LogP contribution is -2.49. The summed E-state index contributed by atoms with van der Waals surface area (Å²) < 4.78 is 40.2. The van der Waals surface area contributed by atoms with E-state index in [0.717, 1.165) is 42.3 Å². The van der Waals surface area contributed by atoms with Crippen LogP contribution in [0.5, 0.6) is 11.5 Å². The Kier molecular flexibility index (Phi) is 10.4. The molecule has 3 aromatic rings. The van der Waals surface area contributed by atoms with E-state index >= 15 is 0 Å². The molecule has 1 N–H and O–H groups in total. The summed E-state index contributed by atoms with van der Waals surface area (Å²) in [6.45, 7) is 8.20. The molecule has 0 bridgehead atoms. The van der Waals surface area contributed by atoms with Crippen LogP contribution in [0.4, 0.5) is 10.5 Å². The van der Waals surface area contributed by atoms with E-state index in [-0.39, 0.29) is 12.6 Å². The first-order valence-corrected chi connectivity index (χ1v) is 16.1. The minimum atomic E-state index is -3.37. The summed E-state index contributed by atoms with van der Waals surface area (Å²) >= 11 is 6.65. The fraction of sp³-hybridized carbons (Fsp3) is 0.517. The zero-order valence-electron chi connectivity index (χ0n) is 24.2. The minimum Gasteiger partial charge on any atom is -0.493 e. The Balaban J connectivity index is 1.50. The number of benzene rings is 1. The number of carbonyl (C=O) groups excluding carboxylic acids is 1. The number of carbonyl (C=O) groups is 1. The van der Waals surface area contributed by atoms with Crippen molar-refractivity contribution in [1.29, 1.82) is 0 Å². The molecule has 2 amide bonds. The summed E-state index contributed by atoms with van der Waals surface area (Å²) in [5.74, 6) is 1.27. The van der Waals surface area contributed by atoms with Gasteiger partial charge in [-0.1, -0.05) is 31.4 Å². The van der Waals surface area contributed by atoms with Crippen LogP contribution in [-0.2, 0) is 23.1 Å². The van der Waals surface area contributed by atoms with Gasteiger partial charge in [-0.05, 0) is 50.5 Å². The molecule has 12 heteroatoms. The van der Waals surface area contributed by atoms with Crippen molar-refractivity contribution in [2.45, 2.75) is 64.8 Å². The molecule has 1 aliphatic heterocycles. The smallest absolute Gasteiger partial charge is 0.324 e. The molecule has 1 aliphatic rings. The van der Waals surface area contributed by atoms with E-state index in [1.807, 2.05) is 33.7 Å². The van der Waals surface area contributed by atoms with E-state index in [2.05, 4.69) is 16.6 Å². The van der Waals surface area contributed by atoms with E-state index in [0.29, 0.717) is 55.0 Å². The maximum atomic E-state index is 13.7. The molecule has 3 heterocycles. The number of nitrogens with zero attached hydrogens (tertiary/aromatic N) is 4. The number of urea groups is 1. The van der Waals surface area contributed by atoms with E-state index < -0.39 is 15.3 Å². The standard InChI is InChI=1S/C29H40ClN5O5S/c1-5-6-7-17-40-26-18-23(9-10-25(26)39-4)35-15-8-14-34(29(35)36)19-22-11-12-31-28-27(22)24(30)20-33(28)16-13-32-41(37,38)21(2)3/h9-12,18,20-21,32H,5-8,13-17,19H2,1-4H3. The van der Waals surface area contributed by atoms with Gasteiger partial charge in [0, 0.05) is 62.3 Å². The van der Waals surface area contributed by atoms with Gasteiger partial charge in [0.2, 0.25) is 10.0 Å². The number of fused-ring (bicyclic) bond motifs is 1. The highest BCUT2D eigenvalue weighted by Crippen LogP contribution is 2.34. The molecule has 10 nitrogen and oxygen atoms in total. The lowest BCUT2D eigenvalue weighted by atomic mass is 10.1. The van der Waals surface area contributed by atoms with Gasteiger partial charge in [0.15, 0.2) is 11.5 Å². The van der Waals surface area contributed by atoms with Gasteiger partial charge in [0.1, 0.15) is 5.65 Å². The number of unbranched alkanes of at least 4 members (excludes halogenated alkanes) is 2. The van der Waals surface area contributed by atoms with Crippen LogP contribution in [0, 0.1) is 0 Å². The third-order valence-corrected chi connectivity index (χ3v) is 9.34. The van der Waals surface area contributed by atoms with E-state index in [9.17, 15) is 13.2 Å².